The van der Waals surface area contributed by atoms with E-state index in [2.05, 4.69) is 5.32 Å². The van der Waals surface area contributed by atoms with E-state index in [1.807, 2.05) is 19.1 Å². The van der Waals surface area contributed by atoms with Crippen LogP contribution < -0.4 is 10.6 Å². The molecule has 18 heavy (non-hydrogen) atoms. The van der Waals surface area contributed by atoms with Crippen molar-refractivity contribution in [3.63, 3.8) is 0 Å². The van der Waals surface area contributed by atoms with Crippen molar-refractivity contribution in [2.45, 2.75) is 26.4 Å². The standard InChI is InChI=1S/C12H15F3N2O/c1-3-9-6-4-5-8(2)10(9)17-11(18)16-7-12(13,14)15/h4-6H,3,7H2,1-2H3,(H2,16,17,18). The van der Waals surface area contributed by atoms with E-state index < -0.39 is 18.8 Å². The Morgan fingerprint density at radius 2 is 2.00 bits per heavy atom. The van der Waals surface area contributed by atoms with Gasteiger partial charge in [0, 0.05) is 5.69 Å². The van der Waals surface area contributed by atoms with Gasteiger partial charge < -0.3 is 10.6 Å². The lowest BCUT2D eigenvalue weighted by Crippen LogP contribution is -2.37. The molecule has 0 saturated heterocycles. The molecule has 2 N–H and O–H groups in total. The van der Waals surface area contributed by atoms with E-state index in [-0.39, 0.29) is 0 Å². The summed E-state index contributed by atoms with van der Waals surface area (Å²) in [7, 11) is 0. The lowest BCUT2D eigenvalue weighted by Gasteiger charge is -2.14. The molecule has 0 atom stereocenters. The quantitative estimate of drug-likeness (QED) is 0.860. The van der Waals surface area contributed by atoms with Gasteiger partial charge in [-0.25, -0.2) is 4.79 Å². The summed E-state index contributed by atoms with van der Waals surface area (Å²) in [6, 6.07) is 4.61. The number of carbonyl (C=O) groups excluding carboxylic acids is 1. The van der Waals surface area contributed by atoms with Crippen molar-refractivity contribution in [2.75, 3.05) is 11.9 Å². The van der Waals surface area contributed by atoms with Gasteiger partial charge in [-0.15, -0.1) is 0 Å². The molecule has 0 unspecified atom stereocenters. The lowest BCUT2D eigenvalue weighted by atomic mass is 10.1. The zero-order valence-electron chi connectivity index (χ0n) is 10.2. The Balaban J connectivity index is 2.70. The maximum Gasteiger partial charge on any atom is 0.405 e. The second kappa shape index (κ2) is 5.75. The van der Waals surface area contributed by atoms with E-state index >= 15 is 0 Å². The number of hydrogen-bond acceptors (Lipinski definition) is 1. The maximum atomic E-state index is 11.9. The van der Waals surface area contributed by atoms with Gasteiger partial charge in [0.15, 0.2) is 0 Å². The van der Waals surface area contributed by atoms with Gasteiger partial charge in [0.1, 0.15) is 6.54 Å². The summed E-state index contributed by atoms with van der Waals surface area (Å²) in [6.45, 7) is 2.36. The summed E-state index contributed by atoms with van der Waals surface area (Å²) in [5, 5.41) is 4.23. The average molecular weight is 260 g/mol. The molecule has 1 rings (SSSR count). The highest BCUT2D eigenvalue weighted by molar-refractivity contribution is 5.91. The Kier molecular flexibility index (Phi) is 4.58. The fourth-order valence-corrected chi connectivity index (χ4v) is 1.54. The molecule has 0 saturated carbocycles. The van der Waals surface area contributed by atoms with Crippen LogP contribution in [0, 0.1) is 6.92 Å². The van der Waals surface area contributed by atoms with Gasteiger partial charge in [0.2, 0.25) is 0 Å². The molecule has 100 valence electrons. The van der Waals surface area contributed by atoms with Crippen molar-refractivity contribution in [2.24, 2.45) is 0 Å². The van der Waals surface area contributed by atoms with E-state index in [9.17, 15) is 18.0 Å². The molecule has 0 radical (unpaired) electrons. The Labute approximate surface area is 103 Å². The number of anilines is 1. The zero-order chi connectivity index (χ0) is 13.8. The minimum absolute atomic E-state index is 0.569. The number of alkyl halides is 3. The molecular formula is C12H15F3N2O. The molecule has 0 bridgehead atoms. The third-order valence-corrected chi connectivity index (χ3v) is 2.43. The van der Waals surface area contributed by atoms with Crippen LogP contribution in [-0.4, -0.2) is 18.8 Å². The fourth-order valence-electron chi connectivity index (χ4n) is 1.54. The summed E-state index contributed by atoms with van der Waals surface area (Å²) in [4.78, 5) is 11.4. The van der Waals surface area contributed by atoms with Crippen LogP contribution in [0.15, 0.2) is 18.2 Å². The summed E-state index contributed by atoms with van der Waals surface area (Å²) in [6.07, 6.45) is -3.72. The smallest absolute Gasteiger partial charge is 0.329 e. The number of benzene rings is 1. The van der Waals surface area contributed by atoms with Crippen LogP contribution in [0.3, 0.4) is 0 Å². The molecule has 0 heterocycles. The number of amides is 2. The van der Waals surface area contributed by atoms with E-state index in [4.69, 9.17) is 0 Å². The molecule has 0 aliphatic rings. The highest BCUT2D eigenvalue weighted by Gasteiger charge is 2.27. The van der Waals surface area contributed by atoms with Crippen molar-refractivity contribution < 1.29 is 18.0 Å². The van der Waals surface area contributed by atoms with Crippen LogP contribution in [0.2, 0.25) is 0 Å². The molecule has 0 aliphatic carbocycles. The number of carbonyl (C=O) groups is 1. The molecule has 0 spiro atoms. The Morgan fingerprint density at radius 3 is 2.56 bits per heavy atom. The summed E-state index contributed by atoms with van der Waals surface area (Å²) < 4.78 is 35.8. The van der Waals surface area contributed by atoms with E-state index in [0.717, 1.165) is 11.1 Å². The van der Waals surface area contributed by atoms with Crippen LogP contribution in [0.25, 0.3) is 0 Å². The van der Waals surface area contributed by atoms with Crippen LogP contribution in [-0.2, 0) is 6.42 Å². The Bertz CT molecular complexity index is 430. The summed E-state index contributed by atoms with van der Waals surface area (Å²) >= 11 is 0. The number of hydrogen-bond donors (Lipinski definition) is 2. The number of urea groups is 1. The first-order valence-corrected chi connectivity index (χ1v) is 5.53. The number of aryl methyl sites for hydroxylation is 2. The summed E-state index contributed by atoms with van der Waals surface area (Å²) in [5.74, 6) is 0. The first kappa shape index (κ1) is 14.3. The minimum Gasteiger partial charge on any atom is -0.329 e. The van der Waals surface area contributed by atoms with Crippen molar-refractivity contribution in [3.8, 4) is 0 Å². The van der Waals surface area contributed by atoms with Crippen LogP contribution in [0.5, 0.6) is 0 Å². The second-order valence-corrected chi connectivity index (χ2v) is 3.89. The first-order chi connectivity index (χ1) is 8.33. The highest BCUT2D eigenvalue weighted by Crippen LogP contribution is 2.21. The Morgan fingerprint density at radius 1 is 1.33 bits per heavy atom. The molecule has 0 fully saturated rings. The lowest BCUT2D eigenvalue weighted by molar-refractivity contribution is -0.122. The third kappa shape index (κ3) is 4.27. The first-order valence-electron chi connectivity index (χ1n) is 5.53. The molecule has 1 aromatic carbocycles. The van der Waals surface area contributed by atoms with Crippen LogP contribution in [0.4, 0.5) is 23.7 Å². The largest absolute Gasteiger partial charge is 0.405 e. The SMILES string of the molecule is CCc1cccc(C)c1NC(=O)NCC(F)(F)F. The third-order valence-electron chi connectivity index (χ3n) is 2.43. The van der Waals surface area contributed by atoms with Crippen LogP contribution in [0.1, 0.15) is 18.1 Å². The molecule has 1 aromatic rings. The van der Waals surface area contributed by atoms with Gasteiger partial charge in [-0.3, -0.25) is 0 Å². The summed E-state index contributed by atoms with van der Waals surface area (Å²) in [5.41, 5.74) is 2.27. The van der Waals surface area contributed by atoms with Gasteiger partial charge >= 0.3 is 12.2 Å². The average Bonchev–Trinajstić information content (AvgIpc) is 2.28. The molecule has 0 aliphatic heterocycles. The predicted octanol–water partition coefficient (Wildman–Crippen LogP) is 3.24. The van der Waals surface area contributed by atoms with Gasteiger partial charge in [-0.1, -0.05) is 25.1 Å². The van der Waals surface area contributed by atoms with E-state index in [1.54, 1.807) is 18.3 Å². The van der Waals surface area contributed by atoms with Crippen LogP contribution >= 0.6 is 0 Å². The van der Waals surface area contributed by atoms with Crippen molar-refractivity contribution in [3.05, 3.63) is 29.3 Å². The molecule has 6 heteroatoms. The number of halogens is 3. The van der Waals surface area contributed by atoms with Crippen molar-refractivity contribution in [1.82, 2.24) is 5.32 Å². The van der Waals surface area contributed by atoms with Crippen molar-refractivity contribution >= 4 is 11.7 Å². The fraction of sp³-hybridized carbons (Fsp3) is 0.417. The second-order valence-electron chi connectivity index (χ2n) is 3.89. The number of nitrogens with one attached hydrogen (secondary N) is 2. The number of rotatable bonds is 3. The molecule has 0 aromatic heterocycles. The van der Waals surface area contributed by atoms with E-state index in [0.29, 0.717) is 12.1 Å². The monoisotopic (exact) mass is 260 g/mol. The van der Waals surface area contributed by atoms with Gasteiger partial charge in [0.25, 0.3) is 0 Å². The minimum atomic E-state index is -4.41. The normalized spacial score (nSPS) is 11.2. The van der Waals surface area contributed by atoms with E-state index in [1.165, 1.54) is 0 Å². The van der Waals surface area contributed by atoms with Gasteiger partial charge in [-0.05, 0) is 24.5 Å². The predicted molar refractivity (Wildman–Crippen MR) is 63.6 cm³/mol. The molecule has 2 amide bonds. The highest BCUT2D eigenvalue weighted by atomic mass is 19.4. The molecule has 3 nitrogen and oxygen atoms in total. The number of para-hydroxylation sites is 1. The topological polar surface area (TPSA) is 41.1 Å². The molecular weight excluding hydrogens is 245 g/mol. The maximum absolute atomic E-state index is 11.9. The zero-order valence-corrected chi connectivity index (χ0v) is 10.2. The van der Waals surface area contributed by atoms with Gasteiger partial charge in [-0.2, -0.15) is 13.2 Å². The van der Waals surface area contributed by atoms with Crippen molar-refractivity contribution in [1.29, 1.82) is 0 Å². The Hall–Kier alpha value is -1.72. The van der Waals surface area contributed by atoms with Gasteiger partial charge in [0.05, 0.1) is 0 Å².